The molecule has 2 unspecified atom stereocenters. The van der Waals surface area contributed by atoms with E-state index in [2.05, 4.69) is 40.7 Å². The van der Waals surface area contributed by atoms with Crippen molar-refractivity contribution in [1.82, 2.24) is 0 Å². The van der Waals surface area contributed by atoms with Crippen LogP contribution in [0.4, 0.5) is 0 Å². The van der Waals surface area contributed by atoms with E-state index < -0.39 is 6.10 Å². The number of carbonyl (C=O) groups is 1. The molecule has 0 aromatic carbocycles. The lowest BCUT2D eigenvalue weighted by molar-refractivity contribution is -0.134. The Bertz CT molecular complexity index is 772. The second kappa shape index (κ2) is 8.47. The zero-order valence-corrected chi connectivity index (χ0v) is 21.0. The van der Waals surface area contributed by atoms with Crippen LogP contribution in [-0.2, 0) is 4.79 Å². The molecule has 0 aliphatic heterocycles. The van der Waals surface area contributed by atoms with Gasteiger partial charge in [-0.05, 0) is 119 Å². The first-order valence-corrected chi connectivity index (χ1v) is 13.1. The Labute approximate surface area is 191 Å². The van der Waals surface area contributed by atoms with E-state index in [1.54, 1.807) is 18.1 Å². The number of rotatable bonds is 5. The minimum Gasteiger partial charge on any atom is -0.392 e. The van der Waals surface area contributed by atoms with Gasteiger partial charge in [0.25, 0.3) is 0 Å². The second-order valence-electron chi connectivity index (χ2n) is 12.4. The summed E-state index contributed by atoms with van der Waals surface area (Å²) >= 11 is 0. The fourth-order valence-corrected chi connectivity index (χ4v) is 8.92. The van der Waals surface area contributed by atoms with Crippen LogP contribution in [0, 0.1) is 40.4 Å². The van der Waals surface area contributed by atoms with Crippen LogP contribution in [0.25, 0.3) is 0 Å². The molecule has 0 aromatic heterocycles. The van der Waals surface area contributed by atoms with E-state index in [9.17, 15) is 9.90 Å². The fraction of sp³-hybridized carbons (Fsp3) is 0.828. The van der Waals surface area contributed by atoms with Gasteiger partial charge >= 0.3 is 0 Å². The first kappa shape index (κ1) is 23.3. The molecular formula is C29H46O2. The molecule has 2 saturated carbocycles. The zero-order chi connectivity index (χ0) is 22.6. The van der Waals surface area contributed by atoms with E-state index in [1.807, 2.05) is 0 Å². The molecule has 2 fully saturated rings. The third-order valence-corrected chi connectivity index (χ3v) is 10.5. The van der Waals surface area contributed by atoms with Crippen LogP contribution in [0.3, 0.4) is 0 Å². The Morgan fingerprint density at radius 1 is 1.10 bits per heavy atom. The van der Waals surface area contributed by atoms with E-state index in [-0.39, 0.29) is 17.1 Å². The van der Waals surface area contributed by atoms with Gasteiger partial charge < -0.3 is 5.11 Å². The summed E-state index contributed by atoms with van der Waals surface area (Å²) in [6.45, 7) is 13.7. The summed E-state index contributed by atoms with van der Waals surface area (Å²) in [5.74, 6) is 2.81. The highest BCUT2D eigenvalue weighted by Gasteiger charge is 2.57. The molecule has 0 saturated heterocycles. The SMILES string of the molecule is CC(=O)C1[C@@H](O)CC[C@]2(C)C3=C(CC[C@@H]12)[C@@H]1CC[C@H](C(C)CCC=C(C)C)[C@@]1(C)CC3. The summed E-state index contributed by atoms with van der Waals surface area (Å²) in [5, 5.41) is 10.6. The van der Waals surface area contributed by atoms with E-state index in [1.165, 1.54) is 50.5 Å². The smallest absolute Gasteiger partial charge is 0.135 e. The Kier molecular flexibility index (Phi) is 6.36. The van der Waals surface area contributed by atoms with Crippen molar-refractivity contribution in [2.45, 2.75) is 112 Å². The molecular weight excluding hydrogens is 380 g/mol. The first-order chi connectivity index (χ1) is 14.6. The highest BCUT2D eigenvalue weighted by atomic mass is 16.3. The van der Waals surface area contributed by atoms with Gasteiger partial charge in [-0.3, -0.25) is 4.79 Å². The molecule has 4 aliphatic carbocycles. The molecule has 0 bridgehead atoms. The van der Waals surface area contributed by atoms with E-state index in [0.29, 0.717) is 11.3 Å². The van der Waals surface area contributed by atoms with Crippen molar-refractivity contribution >= 4 is 5.78 Å². The highest BCUT2D eigenvalue weighted by Crippen LogP contribution is 2.66. The molecule has 2 heteroatoms. The summed E-state index contributed by atoms with van der Waals surface area (Å²) in [7, 11) is 0. The Morgan fingerprint density at radius 3 is 2.52 bits per heavy atom. The maximum Gasteiger partial charge on any atom is 0.135 e. The van der Waals surface area contributed by atoms with Crippen molar-refractivity contribution in [3.63, 3.8) is 0 Å². The Hall–Kier alpha value is -0.890. The first-order valence-electron chi connectivity index (χ1n) is 13.1. The van der Waals surface area contributed by atoms with Crippen molar-refractivity contribution in [3.05, 3.63) is 22.8 Å². The number of hydrogen-bond donors (Lipinski definition) is 1. The standard InChI is InChI=1S/C29H46O2/c1-18(2)8-7-9-19(3)22-12-13-23-21-10-11-25-27(20(4)30)26(31)15-17-29(25,6)24(21)14-16-28(22,23)5/h8,19,22-23,25-27,31H,7,9-17H2,1-6H3/t19?,22-,23+,25+,26+,27?,28-,29-/m1/s1. The van der Waals surface area contributed by atoms with Crippen molar-refractivity contribution in [3.8, 4) is 0 Å². The molecule has 0 amide bonds. The minimum atomic E-state index is -0.427. The van der Waals surface area contributed by atoms with Crippen molar-refractivity contribution in [2.24, 2.45) is 40.4 Å². The van der Waals surface area contributed by atoms with Gasteiger partial charge in [-0.1, -0.05) is 43.6 Å². The molecule has 31 heavy (non-hydrogen) atoms. The van der Waals surface area contributed by atoms with Crippen LogP contribution in [0.5, 0.6) is 0 Å². The van der Waals surface area contributed by atoms with Crippen LogP contribution >= 0.6 is 0 Å². The number of carbonyl (C=O) groups excluding carboxylic acids is 1. The summed E-state index contributed by atoms with van der Waals surface area (Å²) < 4.78 is 0. The lowest BCUT2D eigenvalue weighted by Crippen LogP contribution is -2.51. The number of Topliss-reactive ketones (excluding diaryl/α,β-unsaturated/α-hetero) is 1. The van der Waals surface area contributed by atoms with Gasteiger partial charge in [-0.2, -0.15) is 0 Å². The molecule has 4 rings (SSSR count). The fourth-order valence-electron chi connectivity index (χ4n) is 8.92. The number of fused-ring (bicyclic) bond motifs is 4. The molecule has 1 N–H and O–H groups in total. The molecule has 4 aliphatic rings. The largest absolute Gasteiger partial charge is 0.392 e. The Morgan fingerprint density at radius 2 is 1.84 bits per heavy atom. The summed E-state index contributed by atoms with van der Waals surface area (Å²) in [5.41, 5.74) is 5.56. The van der Waals surface area contributed by atoms with Crippen molar-refractivity contribution in [2.75, 3.05) is 0 Å². The monoisotopic (exact) mass is 426 g/mol. The van der Waals surface area contributed by atoms with Crippen molar-refractivity contribution < 1.29 is 9.90 Å². The third-order valence-electron chi connectivity index (χ3n) is 10.5. The van der Waals surface area contributed by atoms with E-state index >= 15 is 0 Å². The van der Waals surface area contributed by atoms with Crippen LogP contribution in [0.2, 0.25) is 0 Å². The third kappa shape index (κ3) is 3.79. The maximum absolute atomic E-state index is 12.5. The van der Waals surface area contributed by atoms with Gasteiger partial charge in [-0.25, -0.2) is 0 Å². The minimum absolute atomic E-state index is 0.137. The highest BCUT2D eigenvalue weighted by molar-refractivity contribution is 5.79. The van der Waals surface area contributed by atoms with Crippen LogP contribution < -0.4 is 0 Å². The van der Waals surface area contributed by atoms with Gasteiger partial charge in [0, 0.05) is 5.92 Å². The zero-order valence-electron chi connectivity index (χ0n) is 21.0. The molecule has 174 valence electrons. The van der Waals surface area contributed by atoms with Gasteiger partial charge in [-0.15, -0.1) is 0 Å². The van der Waals surface area contributed by atoms with Gasteiger partial charge in [0.2, 0.25) is 0 Å². The van der Waals surface area contributed by atoms with Crippen LogP contribution in [0.1, 0.15) is 106 Å². The average molecular weight is 427 g/mol. The predicted octanol–water partition coefficient (Wildman–Crippen LogP) is 7.27. The van der Waals surface area contributed by atoms with Crippen LogP contribution in [0.15, 0.2) is 22.8 Å². The summed E-state index contributed by atoms with van der Waals surface area (Å²) in [6, 6.07) is 0. The molecule has 0 radical (unpaired) electrons. The molecule has 0 aromatic rings. The lowest BCUT2D eigenvalue weighted by Gasteiger charge is -2.56. The van der Waals surface area contributed by atoms with Gasteiger partial charge in [0.1, 0.15) is 5.78 Å². The van der Waals surface area contributed by atoms with Gasteiger partial charge in [0.05, 0.1) is 6.10 Å². The molecule has 8 atom stereocenters. The quantitative estimate of drug-likeness (QED) is 0.469. The number of aliphatic hydroxyl groups excluding tert-OH is 1. The van der Waals surface area contributed by atoms with Crippen molar-refractivity contribution in [1.29, 1.82) is 0 Å². The number of hydrogen-bond acceptors (Lipinski definition) is 2. The second-order valence-corrected chi connectivity index (χ2v) is 12.4. The number of allylic oxidation sites excluding steroid dienone is 4. The molecule has 0 spiro atoms. The van der Waals surface area contributed by atoms with E-state index in [0.717, 1.165) is 37.0 Å². The lowest BCUT2D eigenvalue weighted by atomic mass is 9.48. The normalized spacial score (nSPS) is 43.0. The molecule has 2 nitrogen and oxygen atoms in total. The topological polar surface area (TPSA) is 37.3 Å². The van der Waals surface area contributed by atoms with Crippen LogP contribution in [-0.4, -0.2) is 17.0 Å². The summed E-state index contributed by atoms with van der Waals surface area (Å²) in [6.07, 6.45) is 14.0. The van der Waals surface area contributed by atoms with Gasteiger partial charge in [0.15, 0.2) is 0 Å². The number of ketones is 1. The maximum atomic E-state index is 12.5. The predicted molar refractivity (Wildman–Crippen MR) is 129 cm³/mol. The molecule has 0 heterocycles. The average Bonchev–Trinajstić information content (AvgIpc) is 3.05. The van der Waals surface area contributed by atoms with E-state index in [4.69, 9.17) is 0 Å². The number of aliphatic hydroxyl groups is 1. The summed E-state index contributed by atoms with van der Waals surface area (Å²) in [4.78, 5) is 12.5. The Balaban J connectivity index is 1.59.